The van der Waals surface area contributed by atoms with Crippen LogP contribution in [0.2, 0.25) is 0 Å². The van der Waals surface area contributed by atoms with Gasteiger partial charge in [0.15, 0.2) is 0 Å². The zero-order valence-electron chi connectivity index (χ0n) is 8.36. The van der Waals surface area contributed by atoms with Crippen molar-refractivity contribution in [3.05, 3.63) is 35.9 Å². The summed E-state index contributed by atoms with van der Waals surface area (Å²) in [7, 11) is 6.60. The molecule has 0 atom stereocenters. The van der Waals surface area contributed by atoms with E-state index in [1.807, 2.05) is 0 Å². The van der Waals surface area contributed by atoms with E-state index in [0.29, 0.717) is 0 Å². The molecule has 13 heavy (non-hydrogen) atoms. The zero-order valence-corrected chi connectivity index (χ0v) is 11.5. The fraction of sp³-hybridized carbons (Fsp3) is 0.400. The summed E-state index contributed by atoms with van der Waals surface area (Å²) >= 11 is 0. The van der Waals surface area contributed by atoms with Gasteiger partial charge in [-0.15, -0.1) is 36.4 Å². The summed E-state index contributed by atoms with van der Waals surface area (Å²) in [6, 6.07) is 10.6. The van der Waals surface area contributed by atoms with E-state index in [1.165, 1.54) is 5.56 Å². The smallest absolute Gasteiger partial charge is 0.104 e. The molecule has 1 nitrogen and oxygen atoms in total. The van der Waals surface area contributed by atoms with Crippen molar-refractivity contribution in [1.29, 1.82) is 0 Å². The summed E-state index contributed by atoms with van der Waals surface area (Å²) in [4.78, 5) is 0. The molecule has 0 unspecified atom stereocenters. The van der Waals surface area contributed by atoms with Crippen molar-refractivity contribution in [1.82, 2.24) is 0 Å². The first kappa shape index (κ1) is 15.7. The summed E-state index contributed by atoms with van der Waals surface area (Å²) in [5, 5.41) is 0. The summed E-state index contributed by atoms with van der Waals surface area (Å²) < 4.78 is 0.990. The highest BCUT2D eigenvalue weighted by Crippen LogP contribution is 2.04. The Kier molecular flexibility index (Phi) is 7.98. The van der Waals surface area contributed by atoms with Gasteiger partial charge in [0.05, 0.1) is 21.1 Å². The number of nitrogens with zero attached hydrogens (tertiary/aromatic N) is 1. The largest absolute Gasteiger partial charge is 0.327 e. The second-order valence-corrected chi connectivity index (χ2v) is 3.93. The molecule has 0 N–H and O–H groups in total. The lowest BCUT2D eigenvalue weighted by atomic mass is 10.2. The Bertz CT molecular complexity index is 218. The molecule has 0 bridgehead atoms. The van der Waals surface area contributed by atoms with Gasteiger partial charge in [-0.05, 0) is 0 Å². The normalized spacial score (nSPS) is 9.77. The average molecular weight is 315 g/mol. The predicted octanol–water partition coefficient (Wildman–Crippen LogP) is 2.93. The SMILES string of the molecule is C[N+](C)(C)Cc1ccccc1.Cl.I. The number of benzene rings is 1. The second kappa shape index (κ2) is 6.62. The van der Waals surface area contributed by atoms with E-state index in [1.54, 1.807) is 0 Å². The van der Waals surface area contributed by atoms with Crippen LogP contribution in [-0.4, -0.2) is 25.6 Å². The van der Waals surface area contributed by atoms with Gasteiger partial charge >= 0.3 is 0 Å². The van der Waals surface area contributed by atoms with Crippen LogP contribution >= 0.6 is 36.4 Å². The predicted molar refractivity (Wildman–Crippen MR) is 70.8 cm³/mol. The Morgan fingerprint density at radius 3 is 1.85 bits per heavy atom. The summed E-state index contributed by atoms with van der Waals surface area (Å²) in [5.74, 6) is 0. The van der Waals surface area contributed by atoms with Crippen LogP contribution in [0.5, 0.6) is 0 Å². The van der Waals surface area contributed by atoms with Gasteiger partial charge in [-0.25, -0.2) is 0 Å². The van der Waals surface area contributed by atoms with Crippen molar-refractivity contribution in [2.75, 3.05) is 21.1 Å². The van der Waals surface area contributed by atoms with Crippen molar-refractivity contribution in [3.63, 3.8) is 0 Å². The fourth-order valence-corrected chi connectivity index (χ4v) is 1.13. The van der Waals surface area contributed by atoms with Crippen LogP contribution < -0.4 is 0 Å². The quantitative estimate of drug-likeness (QED) is 0.582. The molecule has 0 aliphatic carbocycles. The second-order valence-electron chi connectivity index (χ2n) is 3.93. The molecule has 0 saturated heterocycles. The van der Waals surface area contributed by atoms with E-state index in [9.17, 15) is 0 Å². The van der Waals surface area contributed by atoms with Gasteiger partial charge in [-0.2, -0.15) is 0 Å². The molecule has 0 fully saturated rings. The minimum atomic E-state index is 0. The third-order valence-corrected chi connectivity index (χ3v) is 1.50. The monoisotopic (exact) mass is 314 g/mol. The van der Waals surface area contributed by atoms with Crippen LogP contribution in [0.25, 0.3) is 0 Å². The van der Waals surface area contributed by atoms with Crippen molar-refractivity contribution in [3.8, 4) is 0 Å². The topological polar surface area (TPSA) is 0 Å². The highest BCUT2D eigenvalue weighted by atomic mass is 127. The van der Waals surface area contributed by atoms with E-state index >= 15 is 0 Å². The molecular formula is C10H18ClIN+. The third-order valence-electron chi connectivity index (χ3n) is 1.50. The van der Waals surface area contributed by atoms with Crippen LogP contribution in [-0.2, 0) is 6.54 Å². The van der Waals surface area contributed by atoms with Gasteiger partial charge in [0.2, 0.25) is 0 Å². The average Bonchev–Trinajstić information content (AvgIpc) is 1.85. The van der Waals surface area contributed by atoms with Gasteiger partial charge in [0.25, 0.3) is 0 Å². The van der Waals surface area contributed by atoms with Crippen LogP contribution in [0.15, 0.2) is 30.3 Å². The van der Waals surface area contributed by atoms with E-state index in [-0.39, 0.29) is 36.4 Å². The molecule has 0 aliphatic rings. The first-order chi connectivity index (χ1) is 5.08. The minimum absolute atomic E-state index is 0. The third kappa shape index (κ3) is 7.28. The number of hydrogen-bond acceptors (Lipinski definition) is 0. The van der Waals surface area contributed by atoms with E-state index in [2.05, 4.69) is 51.5 Å². The Morgan fingerprint density at radius 2 is 1.46 bits per heavy atom. The maximum absolute atomic E-state index is 2.20. The molecule has 0 aliphatic heterocycles. The molecule has 1 rings (SSSR count). The van der Waals surface area contributed by atoms with Gasteiger partial charge < -0.3 is 4.48 Å². The molecule has 0 radical (unpaired) electrons. The maximum atomic E-state index is 2.20. The molecule has 0 spiro atoms. The Morgan fingerprint density at radius 1 is 1.00 bits per heavy atom. The molecule has 3 heteroatoms. The lowest BCUT2D eigenvalue weighted by molar-refractivity contribution is -0.884. The molecule has 0 heterocycles. The Balaban J connectivity index is 0. The summed E-state index contributed by atoms with van der Waals surface area (Å²) in [6.07, 6.45) is 0. The van der Waals surface area contributed by atoms with Gasteiger partial charge in [-0.1, -0.05) is 30.3 Å². The van der Waals surface area contributed by atoms with Crippen molar-refractivity contribution >= 4 is 36.4 Å². The van der Waals surface area contributed by atoms with Crippen LogP contribution in [0.1, 0.15) is 5.56 Å². The lowest BCUT2D eigenvalue weighted by Gasteiger charge is -2.23. The number of quaternary nitrogens is 1. The van der Waals surface area contributed by atoms with Crippen LogP contribution in [0.3, 0.4) is 0 Å². The summed E-state index contributed by atoms with van der Waals surface area (Å²) in [5.41, 5.74) is 1.40. The molecule has 0 aromatic heterocycles. The molecule has 0 amide bonds. The van der Waals surface area contributed by atoms with Gasteiger partial charge in [0, 0.05) is 5.56 Å². The van der Waals surface area contributed by atoms with Gasteiger partial charge in [0.1, 0.15) is 6.54 Å². The van der Waals surface area contributed by atoms with Crippen LogP contribution in [0, 0.1) is 0 Å². The summed E-state index contributed by atoms with van der Waals surface area (Å²) in [6.45, 7) is 1.10. The van der Waals surface area contributed by atoms with E-state index in [0.717, 1.165) is 11.0 Å². The van der Waals surface area contributed by atoms with Crippen molar-refractivity contribution in [2.45, 2.75) is 6.54 Å². The Hall–Kier alpha value is 0.200. The lowest BCUT2D eigenvalue weighted by Crippen LogP contribution is -2.33. The zero-order chi connectivity index (χ0) is 8.32. The molecule has 1 aromatic rings. The van der Waals surface area contributed by atoms with E-state index < -0.39 is 0 Å². The Labute approximate surface area is 104 Å². The minimum Gasteiger partial charge on any atom is -0.327 e. The fourth-order valence-electron chi connectivity index (χ4n) is 1.13. The van der Waals surface area contributed by atoms with E-state index in [4.69, 9.17) is 0 Å². The number of hydrogen-bond donors (Lipinski definition) is 0. The molecular weight excluding hydrogens is 296 g/mol. The standard InChI is InChI=1S/C10H16N.ClH.HI/c1-11(2,3)9-10-7-5-4-6-8-10;;/h4-8H,9H2,1-3H3;2*1H/q+1;;. The first-order valence-corrected chi connectivity index (χ1v) is 3.92. The highest BCUT2D eigenvalue weighted by Gasteiger charge is 2.06. The van der Waals surface area contributed by atoms with Crippen LogP contribution in [0.4, 0.5) is 0 Å². The molecule has 76 valence electrons. The van der Waals surface area contributed by atoms with Crippen molar-refractivity contribution in [2.24, 2.45) is 0 Å². The van der Waals surface area contributed by atoms with Gasteiger partial charge in [-0.3, -0.25) is 0 Å². The maximum Gasteiger partial charge on any atom is 0.104 e. The highest BCUT2D eigenvalue weighted by molar-refractivity contribution is 14.0. The molecule has 1 aromatic carbocycles. The van der Waals surface area contributed by atoms with Crippen molar-refractivity contribution < 1.29 is 4.48 Å². The first-order valence-electron chi connectivity index (χ1n) is 3.92. The number of halogens is 2. The number of rotatable bonds is 2. The molecule has 0 saturated carbocycles.